The molecule has 0 radical (unpaired) electrons. The molecule has 2 heterocycles. The number of anilines is 1. The van der Waals surface area contributed by atoms with Gasteiger partial charge in [-0.1, -0.05) is 0 Å². The van der Waals surface area contributed by atoms with E-state index in [0.29, 0.717) is 0 Å². The van der Waals surface area contributed by atoms with E-state index in [0.717, 1.165) is 23.1 Å². The number of hydrogen-bond acceptors (Lipinski definition) is 6. The fourth-order valence-corrected chi connectivity index (χ4v) is 3.15. The first-order valence-electron chi connectivity index (χ1n) is 5.39. The second-order valence-corrected chi connectivity index (χ2v) is 5.84. The molecule has 0 amide bonds. The summed E-state index contributed by atoms with van der Waals surface area (Å²) in [5.74, 6) is 0. The van der Waals surface area contributed by atoms with Gasteiger partial charge >= 0.3 is 0 Å². The van der Waals surface area contributed by atoms with Gasteiger partial charge in [0.15, 0.2) is 5.13 Å². The standard InChI is InChI=1S/C11H16N4S2/c1-7(12)9-5-16-11(14-9)15(3)4-10-8(2)13-6-17-10/h5-7H,4,12H2,1-3H3. The van der Waals surface area contributed by atoms with Crippen LogP contribution >= 0.6 is 22.7 Å². The van der Waals surface area contributed by atoms with Crippen molar-refractivity contribution < 1.29 is 0 Å². The van der Waals surface area contributed by atoms with Crippen LogP contribution in [0.25, 0.3) is 0 Å². The summed E-state index contributed by atoms with van der Waals surface area (Å²) in [5, 5.41) is 3.03. The minimum Gasteiger partial charge on any atom is -0.346 e. The van der Waals surface area contributed by atoms with E-state index in [1.165, 1.54) is 4.88 Å². The predicted molar refractivity (Wildman–Crippen MR) is 73.7 cm³/mol. The summed E-state index contributed by atoms with van der Waals surface area (Å²) in [7, 11) is 2.04. The molecule has 0 fully saturated rings. The molecule has 0 bridgehead atoms. The lowest BCUT2D eigenvalue weighted by Crippen LogP contribution is -2.16. The average molecular weight is 268 g/mol. The summed E-state index contributed by atoms with van der Waals surface area (Å²) >= 11 is 3.32. The molecule has 2 N–H and O–H groups in total. The Morgan fingerprint density at radius 1 is 1.47 bits per heavy atom. The normalized spacial score (nSPS) is 12.7. The Balaban J connectivity index is 2.09. The number of thiazole rings is 2. The van der Waals surface area contributed by atoms with E-state index in [1.807, 2.05) is 31.8 Å². The third kappa shape index (κ3) is 2.83. The Kier molecular flexibility index (Phi) is 3.76. The van der Waals surface area contributed by atoms with E-state index in [1.54, 1.807) is 22.7 Å². The molecular formula is C11H16N4S2. The van der Waals surface area contributed by atoms with Crippen molar-refractivity contribution in [2.75, 3.05) is 11.9 Å². The molecule has 1 atom stereocenters. The third-order valence-electron chi connectivity index (χ3n) is 2.53. The Morgan fingerprint density at radius 2 is 2.24 bits per heavy atom. The minimum atomic E-state index is -0.00135. The van der Waals surface area contributed by atoms with Gasteiger partial charge in [-0.15, -0.1) is 22.7 Å². The van der Waals surface area contributed by atoms with Gasteiger partial charge in [0.2, 0.25) is 0 Å². The maximum absolute atomic E-state index is 5.81. The van der Waals surface area contributed by atoms with E-state index < -0.39 is 0 Å². The maximum atomic E-state index is 5.81. The van der Waals surface area contributed by atoms with Crippen molar-refractivity contribution in [3.63, 3.8) is 0 Å². The smallest absolute Gasteiger partial charge is 0.185 e. The molecule has 0 aromatic carbocycles. The highest BCUT2D eigenvalue weighted by atomic mass is 32.1. The summed E-state index contributed by atoms with van der Waals surface area (Å²) < 4.78 is 0. The SMILES string of the molecule is Cc1ncsc1CN(C)c1nc(C(C)N)cs1. The fraction of sp³-hybridized carbons (Fsp3) is 0.455. The van der Waals surface area contributed by atoms with Crippen LogP contribution in [0.2, 0.25) is 0 Å². The molecule has 92 valence electrons. The van der Waals surface area contributed by atoms with Crippen LogP contribution in [-0.2, 0) is 6.54 Å². The van der Waals surface area contributed by atoms with Crippen molar-refractivity contribution in [1.29, 1.82) is 0 Å². The molecule has 0 aliphatic heterocycles. The molecule has 2 aromatic rings. The molecule has 6 heteroatoms. The van der Waals surface area contributed by atoms with Crippen LogP contribution in [0.3, 0.4) is 0 Å². The fourth-order valence-electron chi connectivity index (χ4n) is 1.42. The van der Waals surface area contributed by atoms with Gasteiger partial charge in [0.05, 0.1) is 23.4 Å². The first kappa shape index (κ1) is 12.5. The molecular weight excluding hydrogens is 252 g/mol. The number of hydrogen-bond donors (Lipinski definition) is 1. The van der Waals surface area contributed by atoms with E-state index in [2.05, 4.69) is 14.9 Å². The van der Waals surface area contributed by atoms with Crippen LogP contribution in [0.5, 0.6) is 0 Å². The monoisotopic (exact) mass is 268 g/mol. The van der Waals surface area contributed by atoms with Crippen LogP contribution in [-0.4, -0.2) is 17.0 Å². The topological polar surface area (TPSA) is 55.0 Å². The maximum Gasteiger partial charge on any atom is 0.185 e. The minimum absolute atomic E-state index is 0.00135. The Bertz CT molecular complexity index is 489. The molecule has 0 saturated heterocycles. The Hall–Kier alpha value is -0.980. The molecule has 2 aromatic heterocycles. The van der Waals surface area contributed by atoms with Gasteiger partial charge in [0.1, 0.15) is 0 Å². The van der Waals surface area contributed by atoms with Gasteiger partial charge in [0.25, 0.3) is 0 Å². The zero-order valence-corrected chi connectivity index (χ0v) is 11.8. The quantitative estimate of drug-likeness (QED) is 0.926. The third-order valence-corrected chi connectivity index (χ3v) is 4.42. The van der Waals surface area contributed by atoms with Crippen molar-refractivity contribution in [2.45, 2.75) is 26.4 Å². The van der Waals surface area contributed by atoms with Gasteiger partial charge in [-0.05, 0) is 13.8 Å². The largest absolute Gasteiger partial charge is 0.346 e. The van der Waals surface area contributed by atoms with Crippen LogP contribution in [0.4, 0.5) is 5.13 Å². The van der Waals surface area contributed by atoms with Crippen molar-refractivity contribution in [3.05, 3.63) is 27.2 Å². The number of nitrogens with zero attached hydrogens (tertiary/aromatic N) is 3. The van der Waals surface area contributed by atoms with Crippen molar-refractivity contribution in [1.82, 2.24) is 9.97 Å². The number of aryl methyl sites for hydroxylation is 1. The average Bonchev–Trinajstić information content (AvgIpc) is 2.88. The lowest BCUT2D eigenvalue weighted by atomic mass is 10.3. The molecule has 2 rings (SSSR count). The highest BCUT2D eigenvalue weighted by molar-refractivity contribution is 7.13. The predicted octanol–water partition coefficient (Wildman–Crippen LogP) is 2.56. The Labute approximate surface area is 109 Å². The van der Waals surface area contributed by atoms with Crippen LogP contribution in [0.1, 0.15) is 29.2 Å². The van der Waals surface area contributed by atoms with Gasteiger partial charge in [0, 0.05) is 23.3 Å². The van der Waals surface area contributed by atoms with Crippen LogP contribution in [0.15, 0.2) is 10.9 Å². The summed E-state index contributed by atoms with van der Waals surface area (Å²) in [4.78, 5) is 12.2. The van der Waals surface area contributed by atoms with E-state index >= 15 is 0 Å². The molecule has 4 nitrogen and oxygen atoms in total. The zero-order valence-electron chi connectivity index (χ0n) is 10.2. The summed E-state index contributed by atoms with van der Waals surface area (Å²) in [6.45, 7) is 4.84. The van der Waals surface area contributed by atoms with Gasteiger partial charge in [-0.25, -0.2) is 9.97 Å². The molecule has 17 heavy (non-hydrogen) atoms. The van der Waals surface area contributed by atoms with Gasteiger partial charge < -0.3 is 10.6 Å². The van der Waals surface area contributed by atoms with E-state index in [-0.39, 0.29) is 6.04 Å². The molecule has 0 spiro atoms. The first-order chi connectivity index (χ1) is 8.08. The van der Waals surface area contributed by atoms with Gasteiger partial charge in [-0.3, -0.25) is 0 Å². The van der Waals surface area contributed by atoms with Crippen molar-refractivity contribution in [2.24, 2.45) is 5.73 Å². The Morgan fingerprint density at radius 3 is 2.76 bits per heavy atom. The summed E-state index contributed by atoms with van der Waals surface area (Å²) in [6.07, 6.45) is 0. The highest BCUT2D eigenvalue weighted by Crippen LogP contribution is 2.25. The summed E-state index contributed by atoms with van der Waals surface area (Å²) in [6, 6.07) is -0.00135. The second-order valence-electron chi connectivity index (χ2n) is 4.06. The summed E-state index contributed by atoms with van der Waals surface area (Å²) in [5.41, 5.74) is 9.75. The van der Waals surface area contributed by atoms with Gasteiger partial charge in [-0.2, -0.15) is 0 Å². The first-order valence-corrected chi connectivity index (χ1v) is 7.15. The highest BCUT2D eigenvalue weighted by Gasteiger charge is 2.11. The molecule has 0 saturated carbocycles. The molecule has 1 unspecified atom stereocenters. The van der Waals surface area contributed by atoms with E-state index in [4.69, 9.17) is 5.73 Å². The van der Waals surface area contributed by atoms with Crippen LogP contribution in [0, 0.1) is 6.92 Å². The second kappa shape index (κ2) is 5.12. The number of nitrogens with two attached hydrogens (primary N) is 1. The molecule has 0 aliphatic carbocycles. The van der Waals surface area contributed by atoms with Crippen molar-refractivity contribution >= 4 is 27.8 Å². The zero-order chi connectivity index (χ0) is 12.4. The lowest BCUT2D eigenvalue weighted by molar-refractivity contribution is 0.784. The lowest BCUT2D eigenvalue weighted by Gasteiger charge is -2.14. The van der Waals surface area contributed by atoms with Crippen molar-refractivity contribution in [3.8, 4) is 0 Å². The molecule has 0 aliphatic rings. The van der Waals surface area contributed by atoms with E-state index in [9.17, 15) is 0 Å². The number of aromatic nitrogens is 2. The number of rotatable bonds is 4. The van der Waals surface area contributed by atoms with Crippen LogP contribution < -0.4 is 10.6 Å².